The molecule has 0 bridgehead atoms. The number of hydrogen-bond acceptors (Lipinski definition) is 3. The Bertz CT molecular complexity index is 1340. The minimum atomic E-state index is -0.0989. The van der Waals surface area contributed by atoms with Crippen molar-refractivity contribution in [3.8, 4) is 22.5 Å². The van der Waals surface area contributed by atoms with Gasteiger partial charge in [-0.1, -0.05) is 60.1 Å². The average Bonchev–Trinajstić information content (AvgIpc) is 3.19. The zero-order valence-electron chi connectivity index (χ0n) is 15.9. The quantitative estimate of drug-likeness (QED) is 0.345. The van der Waals surface area contributed by atoms with Gasteiger partial charge in [0.15, 0.2) is 0 Å². The summed E-state index contributed by atoms with van der Waals surface area (Å²) in [6.07, 6.45) is 3.70. The van der Waals surface area contributed by atoms with E-state index in [1.165, 1.54) is 0 Å². The predicted molar refractivity (Wildman–Crippen MR) is 119 cm³/mol. The second kappa shape index (κ2) is 7.58. The van der Waals surface area contributed by atoms with Crippen LogP contribution in [0.5, 0.6) is 0 Å². The summed E-state index contributed by atoms with van der Waals surface area (Å²) in [5, 5.41) is 0.675. The maximum absolute atomic E-state index is 12.7. The van der Waals surface area contributed by atoms with E-state index in [4.69, 9.17) is 16.6 Å². The molecule has 0 fully saturated rings. The molecule has 0 radical (unpaired) electrons. The van der Waals surface area contributed by atoms with Gasteiger partial charge in [0.1, 0.15) is 11.3 Å². The van der Waals surface area contributed by atoms with E-state index >= 15 is 0 Å². The first-order chi connectivity index (χ1) is 14.7. The first kappa shape index (κ1) is 18.3. The first-order valence-corrected chi connectivity index (χ1v) is 9.88. The normalized spacial score (nSPS) is 11.0. The van der Waals surface area contributed by atoms with Crippen molar-refractivity contribution in [2.75, 3.05) is 0 Å². The molecular formula is C25H16ClN3O. The zero-order valence-corrected chi connectivity index (χ0v) is 16.6. The second-order valence-electron chi connectivity index (χ2n) is 6.87. The Balaban J connectivity index is 1.61. The third-order valence-electron chi connectivity index (χ3n) is 4.95. The van der Waals surface area contributed by atoms with Crippen LogP contribution in [-0.4, -0.2) is 20.2 Å². The number of carbonyl (C=O) groups excluding carboxylic acids is 1. The summed E-state index contributed by atoms with van der Waals surface area (Å²) in [6.45, 7) is 0. The number of nitrogens with zero attached hydrogens (tertiary/aromatic N) is 3. The van der Waals surface area contributed by atoms with Crippen LogP contribution in [0.4, 0.5) is 0 Å². The number of ketones is 1. The molecule has 0 spiro atoms. The monoisotopic (exact) mass is 409 g/mol. The predicted octanol–water partition coefficient (Wildman–Crippen LogP) is 5.95. The number of hydrogen-bond donors (Lipinski definition) is 0. The van der Waals surface area contributed by atoms with Gasteiger partial charge >= 0.3 is 0 Å². The molecule has 0 amide bonds. The Kier molecular flexibility index (Phi) is 4.62. The summed E-state index contributed by atoms with van der Waals surface area (Å²) in [5.74, 6) is -0.0989. The van der Waals surface area contributed by atoms with E-state index in [1.54, 1.807) is 24.4 Å². The Hall–Kier alpha value is -3.76. The minimum Gasteiger partial charge on any atom is -0.299 e. The number of aromatic nitrogens is 3. The largest absolute Gasteiger partial charge is 0.299 e. The smallest absolute Gasteiger partial charge is 0.211 e. The van der Waals surface area contributed by atoms with E-state index in [1.807, 2.05) is 77.3 Å². The van der Waals surface area contributed by atoms with Crippen molar-refractivity contribution >= 4 is 23.0 Å². The van der Waals surface area contributed by atoms with Gasteiger partial charge in [0, 0.05) is 34.1 Å². The van der Waals surface area contributed by atoms with Crippen LogP contribution in [0.1, 0.15) is 16.1 Å². The molecule has 144 valence electrons. The molecular weight excluding hydrogens is 394 g/mol. The lowest BCUT2D eigenvalue weighted by molar-refractivity contribution is 0.103. The number of benzene rings is 2. The van der Waals surface area contributed by atoms with E-state index in [-0.39, 0.29) is 5.78 Å². The van der Waals surface area contributed by atoms with Gasteiger partial charge in [-0.3, -0.25) is 14.2 Å². The van der Waals surface area contributed by atoms with E-state index in [0.29, 0.717) is 16.3 Å². The van der Waals surface area contributed by atoms with Gasteiger partial charge in [-0.2, -0.15) is 0 Å². The Labute approximate surface area is 178 Å². The Morgan fingerprint density at radius 2 is 1.53 bits per heavy atom. The summed E-state index contributed by atoms with van der Waals surface area (Å²) in [7, 11) is 0. The maximum atomic E-state index is 12.7. The fraction of sp³-hybridized carbons (Fsp3) is 0. The van der Waals surface area contributed by atoms with Crippen molar-refractivity contribution in [2.24, 2.45) is 0 Å². The fourth-order valence-corrected chi connectivity index (χ4v) is 3.61. The van der Waals surface area contributed by atoms with Crippen molar-refractivity contribution in [3.05, 3.63) is 114 Å². The molecule has 0 saturated carbocycles. The molecule has 0 atom stereocenters. The van der Waals surface area contributed by atoms with Crippen LogP contribution < -0.4 is 0 Å². The molecule has 0 saturated heterocycles. The number of imidazole rings is 1. The lowest BCUT2D eigenvalue weighted by Crippen LogP contribution is -2.03. The number of rotatable bonds is 4. The highest BCUT2D eigenvalue weighted by Gasteiger charge is 2.17. The maximum Gasteiger partial charge on any atom is 0.211 e. The van der Waals surface area contributed by atoms with E-state index < -0.39 is 0 Å². The zero-order chi connectivity index (χ0) is 20.5. The second-order valence-corrected chi connectivity index (χ2v) is 7.31. The van der Waals surface area contributed by atoms with Crippen LogP contribution in [0, 0.1) is 0 Å². The lowest BCUT2D eigenvalue weighted by Gasteiger charge is -2.07. The summed E-state index contributed by atoms with van der Waals surface area (Å²) in [6, 6.07) is 26.3. The Morgan fingerprint density at radius 3 is 2.27 bits per heavy atom. The Morgan fingerprint density at radius 1 is 0.800 bits per heavy atom. The van der Waals surface area contributed by atoms with Crippen molar-refractivity contribution in [3.63, 3.8) is 0 Å². The summed E-state index contributed by atoms with van der Waals surface area (Å²) >= 11 is 6.06. The van der Waals surface area contributed by atoms with Crippen molar-refractivity contribution in [1.82, 2.24) is 14.4 Å². The van der Waals surface area contributed by atoms with Crippen LogP contribution in [0.15, 0.2) is 97.3 Å². The number of carbonyl (C=O) groups is 1. The van der Waals surface area contributed by atoms with Crippen LogP contribution in [-0.2, 0) is 0 Å². The van der Waals surface area contributed by atoms with Gasteiger partial charge in [0.2, 0.25) is 5.78 Å². The molecule has 0 unspecified atom stereocenters. The van der Waals surface area contributed by atoms with Gasteiger partial charge < -0.3 is 0 Å². The van der Waals surface area contributed by atoms with E-state index in [2.05, 4.69) is 4.98 Å². The van der Waals surface area contributed by atoms with Crippen molar-refractivity contribution < 1.29 is 4.79 Å². The minimum absolute atomic E-state index is 0.0989. The third kappa shape index (κ3) is 3.27. The molecule has 4 nitrogen and oxygen atoms in total. The molecule has 0 aliphatic carbocycles. The van der Waals surface area contributed by atoms with Crippen LogP contribution in [0.25, 0.3) is 28.2 Å². The fourth-order valence-electron chi connectivity index (χ4n) is 3.49. The summed E-state index contributed by atoms with van der Waals surface area (Å²) < 4.78 is 2.03. The molecule has 0 aliphatic rings. The van der Waals surface area contributed by atoms with Gasteiger partial charge in [0.25, 0.3) is 0 Å². The topological polar surface area (TPSA) is 47.3 Å². The molecule has 2 aromatic carbocycles. The van der Waals surface area contributed by atoms with E-state index in [0.717, 1.165) is 28.2 Å². The molecule has 3 heterocycles. The van der Waals surface area contributed by atoms with Crippen LogP contribution in [0.3, 0.4) is 0 Å². The SMILES string of the molecule is O=C(c1ccccc1)c1ccc(-c2c(-c3ccc(Cl)cc3)nc3ccccn23)cn1. The van der Waals surface area contributed by atoms with Gasteiger partial charge in [-0.25, -0.2) is 4.98 Å². The standard InChI is InChI=1S/C25H16ClN3O/c26-20-12-9-17(10-13-20)23-24(29-15-5-4-8-22(29)28-23)19-11-14-21(27-16-19)25(30)18-6-2-1-3-7-18/h1-16H. The van der Waals surface area contributed by atoms with Crippen molar-refractivity contribution in [2.45, 2.75) is 0 Å². The molecule has 0 aliphatic heterocycles. The molecule has 5 heteroatoms. The van der Waals surface area contributed by atoms with E-state index in [9.17, 15) is 4.79 Å². The van der Waals surface area contributed by atoms with Crippen LogP contribution >= 0.6 is 11.6 Å². The summed E-state index contributed by atoms with van der Waals surface area (Å²) in [4.78, 5) is 22.0. The third-order valence-corrected chi connectivity index (χ3v) is 5.21. The number of pyridine rings is 2. The molecule has 3 aromatic heterocycles. The average molecular weight is 410 g/mol. The molecule has 5 rings (SSSR count). The first-order valence-electron chi connectivity index (χ1n) is 9.50. The molecule has 30 heavy (non-hydrogen) atoms. The lowest BCUT2D eigenvalue weighted by atomic mass is 10.0. The molecule has 0 N–H and O–H groups in total. The number of fused-ring (bicyclic) bond motifs is 1. The van der Waals surface area contributed by atoms with Gasteiger partial charge in [-0.15, -0.1) is 0 Å². The molecule has 5 aromatic rings. The highest BCUT2D eigenvalue weighted by atomic mass is 35.5. The number of halogens is 1. The van der Waals surface area contributed by atoms with Gasteiger partial charge in [-0.05, 0) is 36.4 Å². The van der Waals surface area contributed by atoms with Gasteiger partial charge in [0.05, 0.1) is 11.4 Å². The highest BCUT2D eigenvalue weighted by molar-refractivity contribution is 6.30. The summed E-state index contributed by atoms with van der Waals surface area (Å²) in [5.41, 5.74) is 5.45. The highest BCUT2D eigenvalue weighted by Crippen LogP contribution is 2.33. The van der Waals surface area contributed by atoms with Crippen molar-refractivity contribution in [1.29, 1.82) is 0 Å². The van der Waals surface area contributed by atoms with Crippen LogP contribution in [0.2, 0.25) is 5.02 Å².